The van der Waals surface area contributed by atoms with Gasteiger partial charge in [0, 0.05) is 172 Å². The summed E-state index contributed by atoms with van der Waals surface area (Å²) in [6, 6.07) is 54.8. The Morgan fingerprint density at radius 2 is 0.649 bits per heavy atom. The molecule has 8 aromatic heterocycles. The summed E-state index contributed by atoms with van der Waals surface area (Å²) in [6.45, 7) is 3.01. The molecule has 0 bridgehead atoms. The summed E-state index contributed by atoms with van der Waals surface area (Å²) in [4.78, 5) is 28.9. The number of ether oxygens (including phenoxy) is 6. The third-order valence-electron chi connectivity index (χ3n) is 19.6. The van der Waals surface area contributed by atoms with Crippen molar-refractivity contribution in [2.24, 2.45) is 0 Å². The fraction of sp³-hybridized carbons (Fsp3) is 0.170. The first-order valence-electron chi connectivity index (χ1n) is 35.8. The number of aromatic nitrogens is 11. The maximum atomic E-state index is 14.6. The molecule has 0 aliphatic heterocycles. The Kier molecular flexibility index (Phi) is 25.5. The molecule has 0 radical (unpaired) electrons. The van der Waals surface area contributed by atoms with E-state index in [0.29, 0.717) is 63.2 Å². The van der Waals surface area contributed by atoms with Crippen molar-refractivity contribution in [3.8, 4) is 79.5 Å². The molecular weight excluding hydrogens is 1520 g/mol. The molecule has 26 heteroatoms. The van der Waals surface area contributed by atoms with Crippen molar-refractivity contribution < 1.29 is 57.6 Å². The van der Waals surface area contributed by atoms with Crippen LogP contribution in [0.5, 0.6) is 35.0 Å². The van der Waals surface area contributed by atoms with Gasteiger partial charge < -0.3 is 67.1 Å². The van der Waals surface area contributed by atoms with Crippen LogP contribution in [0, 0.1) is 18.7 Å². The van der Waals surface area contributed by atoms with E-state index in [1.807, 2.05) is 168 Å². The molecule has 21 nitrogen and oxygen atoms in total. The fourth-order valence-electron chi connectivity index (χ4n) is 14.1. The Morgan fingerprint density at radius 3 is 0.947 bits per heavy atom. The largest absolute Gasteiger partial charge is 0.497 e. The molecule has 4 N–H and O–H groups in total. The van der Waals surface area contributed by atoms with Crippen LogP contribution in [0.25, 0.3) is 88.1 Å². The summed E-state index contributed by atoms with van der Waals surface area (Å²) in [7, 11) is 9.50. The number of aliphatic hydroxyl groups is 4. The van der Waals surface area contributed by atoms with Crippen molar-refractivity contribution in [1.82, 2.24) is 53.2 Å². The summed E-state index contributed by atoms with van der Waals surface area (Å²) in [5.74, 6) is 2.03. The summed E-state index contributed by atoms with van der Waals surface area (Å²) in [6.07, 6.45) is 13.2. The highest BCUT2D eigenvalue weighted by Gasteiger charge is 2.26. The standard InChI is InChI=1S/C23H22FN3O3.C22H18ClFN2O2.C22H20ClN3O3.C21H18ClN3O2/c1-14-4-5-15(19(24)8-14)12-27-20-7-6-17(29-2)9-18(20)22(21(27)13-28)16-10-25-23(30-3)26-11-16;1-28-16-7-8-19-17(10-16)22(14-6-9-21(24)25-11-14)20(13-27)26(19)12-15-4-2-3-5-18(15)23;1-28-16-7-8-19-17(9-16)21(15-10-24-22(29-2)25-11-15)20(13-27)26(19)12-14-5-3-4-6-18(14)23;1-27-16-6-7-19-17(8-16)21(15-9-23-13-24-10-15)20(12-26)25(19)11-14-4-2-3-5-18(14)22/h4-11,28H,12-13H2,1-3H3;2-11,27H,12-13H2,1H3;3-11,27H,12-13H2,1-2H3;2-10,13,26H,11-12H2,1H3. The summed E-state index contributed by atoms with van der Waals surface area (Å²) < 4.78 is 67.8. The minimum Gasteiger partial charge on any atom is -0.497 e. The van der Waals surface area contributed by atoms with Crippen LogP contribution >= 0.6 is 34.8 Å². The molecule has 16 aromatic rings. The van der Waals surface area contributed by atoms with E-state index in [2.05, 4.69) is 44.0 Å². The molecule has 0 atom stereocenters. The third-order valence-corrected chi connectivity index (χ3v) is 20.7. The smallest absolute Gasteiger partial charge is 0.316 e. The van der Waals surface area contributed by atoms with E-state index in [0.717, 1.165) is 133 Å². The minimum atomic E-state index is -0.549. The van der Waals surface area contributed by atoms with Crippen molar-refractivity contribution in [1.29, 1.82) is 0 Å². The van der Waals surface area contributed by atoms with Crippen molar-refractivity contribution >= 4 is 78.4 Å². The van der Waals surface area contributed by atoms with Crippen LogP contribution in [0.3, 0.4) is 0 Å². The van der Waals surface area contributed by atoms with Crippen LogP contribution in [0.1, 0.15) is 50.6 Å². The Morgan fingerprint density at radius 1 is 0.333 bits per heavy atom. The van der Waals surface area contributed by atoms with Gasteiger partial charge >= 0.3 is 12.0 Å². The summed E-state index contributed by atoms with van der Waals surface area (Å²) >= 11 is 19.1. The predicted molar refractivity (Wildman–Crippen MR) is 439 cm³/mol. The number of pyridine rings is 1. The van der Waals surface area contributed by atoms with Crippen molar-refractivity contribution in [3.05, 3.63) is 303 Å². The van der Waals surface area contributed by atoms with Gasteiger partial charge in [0.2, 0.25) is 5.95 Å². The highest BCUT2D eigenvalue weighted by molar-refractivity contribution is 6.32. The molecule has 8 heterocycles. The number of methoxy groups -OCH3 is 6. The van der Waals surface area contributed by atoms with Crippen molar-refractivity contribution in [2.45, 2.75) is 59.5 Å². The first-order chi connectivity index (χ1) is 55.5. The van der Waals surface area contributed by atoms with Gasteiger partial charge in [0.15, 0.2) is 0 Å². The lowest BCUT2D eigenvalue weighted by molar-refractivity contribution is 0.272. The third kappa shape index (κ3) is 16.9. The van der Waals surface area contributed by atoms with E-state index >= 15 is 0 Å². The molecule has 8 aromatic carbocycles. The maximum absolute atomic E-state index is 14.6. The van der Waals surface area contributed by atoms with Crippen LogP contribution in [0.2, 0.25) is 15.1 Å². The average molecular weight is 1590 g/mol. The molecule has 0 saturated carbocycles. The number of hydrogen-bond acceptors (Lipinski definition) is 17. The molecule has 0 spiro atoms. The van der Waals surface area contributed by atoms with Gasteiger partial charge in [0.05, 0.1) is 98.4 Å². The Hall–Kier alpha value is -12.3. The lowest BCUT2D eigenvalue weighted by atomic mass is 10.0. The van der Waals surface area contributed by atoms with Gasteiger partial charge in [-0.2, -0.15) is 4.39 Å². The van der Waals surface area contributed by atoms with Crippen molar-refractivity contribution in [3.63, 3.8) is 0 Å². The first-order valence-corrected chi connectivity index (χ1v) is 36.9. The van der Waals surface area contributed by atoms with E-state index in [1.165, 1.54) is 38.9 Å². The highest BCUT2D eigenvalue weighted by atomic mass is 35.5. The first kappa shape index (κ1) is 79.8. The zero-order chi connectivity index (χ0) is 80.1. The second-order valence-corrected chi connectivity index (χ2v) is 27.3. The number of hydrogen-bond donors (Lipinski definition) is 4. The van der Waals surface area contributed by atoms with Gasteiger partial charge in [-0.05, 0) is 138 Å². The number of aliphatic hydroxyl groups excluding tert-OH is 4. The average Bonchev–Trinajstić information content (AvgIpc) is 1.62. The topological polar surface area (TPSA) is 246 Å². The van der Waals surface area contributed by atoms with E-state index in [9.17, 15) is 29.2 Å². The number of halogens is 5. The highest BCUT2D eigenvalue weighted by Crippen LogP contribution is 2.43. The van der Waals surface area contributed by atoms with Gasteiger partial charge in [-0.15, -0.1) is 0 Å². The quantitative estimate of drug-likeness (QED) is 0.0461. The number of benzene rings is 8. The molecule has 16 rings (SSSR count). The number of rotatable bonds is 22. The number of aryl methyl sites for hydroxylation is 1. The van der Waals surface area contributed by atoms with E-state index in [-0.39, 0.29) is 50.8 Å². The van der Waals surface area contributed by atoms with Gasteiger partial charge in [0.25, 0.3) is 0 Å². The van der Waals surface area contributed by atoms with E-state index < -0.39 is 5.95 Å². The van der Waals surface area contributed by atoms with Crippen LogP contribution < -0.4 is 28.4 Å². The SMILES string of the molecule is COc1ccc2c(c1)c(-c1ccc(F)nc1)c(CO)n2Cc1ccccc1Cl.COc1ccc2c(c1)c(-c1cnc(OC)nc1)c(CO)n2Cc1ccc(C)cc1F.COc1ccc2c(c1)c(-c1cnc(OC)nc1)c(CO)n2Cc1ccccc1Cl.COc1ccc2c(c1)c(-c1cncnc1)c(CO)n2Cc1ccccc1Cl. The van der Waals surface area contributed by atoms with Crippen molar-refractivity contribution in [2.75, 3.05) is 42.7 Å². The zero-order valence-corrected chi connectivity index (χ0v) is 65.3. The van der Waals surface area contributed by atoms with Gasteiger partial charge in [0.1, 0.15) is 35.1 Å². The maximum Gasteiger partial charge on any atom is 0.316 e. The second-order valence-electron chi connectivity index (χ2n) is 26.1. The normalized spacial score (nSPS) is 11.1. The molecule has 0 amide bonds. The monoisotopic (exact) mass is 1590 g/mol. The van der Waals surface area contributed by atoms with Crippen LogP contribution in [0.4, 0.5) is 8.78 Å². The van der Waals surface area contributed by atoms with E-state index in [1.54, 1.807) is 77.8 Å². The van der Waals surface area contributed by atoms with Gasteiger partial charge in [-0.3, -0.25) is 0 Å². The molecular formula is C88H78Cl3F2N11O10. The molecule has 114 heavy (non-hydrogen) atoms. The van der Waals surface area contributed by atoms with Gasteiger partial charge in [-0.25, -0.2) is 39.3 Å². The zero-order valence-electron chi connectivity index (χ0n) is 63.1. The lowest BCUT2D eigenvalue weighted by Crippen LogP contribution is -2.07. The summed E-state index contributed by atoms with van der Waals surface area (Å²) in [5.41, 5.74) is 17.3. The Balaban J connectivity index is 0.000000133. The Labute approximate surface area is 670 Å². The molecule has 0 unspecified atom stereocenters. The van der Waals surface area contributed by atoms with Gasteiger partial charge in [-0.1, -0.05) is 102 Å². The molecule has 580 valence electrons. The number of nitrogens with zero attached hydrogens (tertiary/aromatic N) is 11. The molecule has 0 aliphatic carbocycles. The fourth-order valence-corrected chi connectivity index (χ4v) is 14.7. The predicted octanol–water partition coefficient (Wildman–Crippen LogP) is 17.8. The Bertz CT molecular complexity index is 6070. The van der Waals surface area contributed by atoms with Crippen LogP contribution in [-0.2, 0) is 52.6 Å². The second kappa shape index (κ2) is 36.4. The van der Waals surface area contributed by atoms with Crippen LogP contribution in [0.15, 0.2) is 226 Å². The number of fused-ring (bicyclic) bond motifs is 4. The minimum absolute atomic E-state index is 0.119. The van der Waals surface area contributed by atoms with E-state index in [4.69, 9.17) is 63.2 Å². The molecule has 0 aliphatic rings. The molecule has 0 fully saturated rings. The summed E-state index contributed by atoms with van der Waals surface area (Å²) in [5, 5.41) is 46.7. The molecule has 0 saturated heterocycles. The lowest BCUT2D eigenvalue weighted by Gasteiger charge is -2.12. The van der Waals surface area contributed by atoms with Crippen LogP contribution in [-0.4, -0.2) is 116 Å².